The molecule has 1 aliphatic heterocycles. The fraction of sp³-hybridized carbons (Fsp3) is 0.429. The fourth-order valence-electron chi connectivity index (χ4n) is 4.88. The Morgan fingerprint density at radius 1 is 1.16 bits per heavy atom. The van der Waals surface area contributed by atoms with Gasteiger partial charge in [0.05, 0.1) is 25.6 Å². The van der Waals surface area contributed by atoms with Gasteiger partial charge < -0.3 is 19.1 Å². The molecule has 9 heteroatoms. The third-order valence-corrected chi connectivity index (χ3v) is 6.78. The monoisotopic (exact) mass is 507 g/mol. The molecule has 1 aliphatic rings. The van der Waals surface area contributed by atoms with Crippen molar-refractivity contribution in [1.82, 2.24) is 14.3 Å². The van der Waals surface area contributed by atoms with Crippen molar-refractivity contribution in [3.8, 4) is 28.1 Å². The third-order valence-electron chi connectivity index (χ3n) is 6.78. The second-order valence-electron chi connectivity index (χ2n) is 10.3. The molecule has 0 saturated heterocycles. The SMILES string of the molecule is CCOC(=O)CCCn1cc(-c2cc3c(cc2OC)-c2cc(=O)c(C(=O)O)cn2C(C(C)(C)C)C3)cn1. The molecule has 9 nitrogen and oxygen atoms in total. The van der Waals surface area contributed by atoms with Gasteiger partial charge in [-0.15, -0.1) is 0 Å². The van der Waals surface area contributed by atoms with E-state index in [1.54, 1.807) is 24.9 Å². The number of carboxylic acid groups (broad SMARTS) is 1. The number of hydrogen-bond donors (Lipinski definition) is 1. The lowest BCUT2D eigenvalue weighted by molar-refractivity contribution is -0.143. The van der Waals surface area contributed by atoms with Gasteiger partial charge in [-0.2, -0.15) is 5.10 Å². The van der Waals surface area contributed by atoms with Gasteiger partial charge in [0.15, 0.2) is 5.43 Å². The number of methoxy groups -OCH3 is 1. The zero-order valence-electron chi connectivity index (χ0n) is 21.9. The number of carbonyl (C=O) groups is 2. The smallest absolute Gasteiger partial charge is 0.341 e. The Morgan fingerprint density at radius 2 is 1.92 bits per heavy atom. The number of esters is 1. The number of carboxylic acids is 1. The van der Waals surface area contributed by atoms with E-state index in [4.69, 9.17) is 9.47 Å². The van der Waals surface area contributed by atoms with Crippen LogP contribution in [0, 0.1) is 5.41 Å². The Kier molecular flexibility index (Phi) is 7.25. The minimum absolute atomic E-state index is 0.0551. The lowest BCUT2D eigenvalue weighted by Crippen LogP contribution is -2.32. The highest BCUT2D eigenvalue weighted by Gasteiger charge is 2.34. The van der Waals surface area contributed by atoms with E-state index in [2.05, 4.69) is 31.9 Å². The van der Waals surface area contributed by atoms with Crippen LogP contribution in [0.1, 0.15) is 62.5 Å². The van der Waals surface area contributed by atoms with Gasteiger partial charge >= 0.3 is 11.9 Å². The number of ether oxygens (including phenoxy) is 2. The number of benzene rings is 1. The number of aromatic carboxylic acids is 1. The molecule has 1 unspecified atom stereocenters. The van der Waals surface area contributed by atoms with Crippen LogP contribution < -0.4 is 10.2 Å². The van der Waals surface area contributed by atoms with Crippen LogP contribution in [-0.2, 0) is 22.5 Å². The summed E-state index contributed by atoms with van der Waals surface area (Å²) in [5, 5.41) is 14.0. The minimum atomic E-state index is -1.23. The van der Waals surface area contributed by atoms with Crippen molar-refractivity contribution in [2.75, 3.05) is 13.7 Å². The summed E-state index contributed by atoms with van der Waals surface area (Å²) in [4.78, 5) is 35.9. The molecule has 3 aromatic rings. The molecule has 196 valence electrons. The maximum absolute atomic E-state index is 12.6. The van der Waals surface area contributed by atoms with Crippen LogP contribution in [0.5, 0.6) is 5.75 Å². The van der Waals surface area contributed by atoms with E-state index in [0.29, 0.717) is 43.9 Å². The standard InChI is InChI=1S/C28H33N3O6/c1-6-37-26(33)8-7-9-30-15-18(14-29-30)20-10-17-11-25(28(2,3)4)31-16-21(27(34)35)23(32)13-22(31)19(17)12-24(20)36-5/h10,12-16,25H,6-9,11H2,1-5H3,(H,34,35). The van der Waals surface area contributed by atoms with Crippen molar-refractivity contribution < 1.29 is 24.2 Å². The largest absolute Gasteiger partial charge is 0.496 e. The molecule has 1 aromatic carbocycles. The Morgan fingerprint density at radius 3 is 2.57 bits per heavy atom. The number of carbonyl (C=O) groups excluding carboxylic acids is 1. The Hall–Kier alpha value is -3.88. The number of aromatic nitrogens is 3. The van der Waals surface area contributed by atoms with Crippen molar-refractivity contribution in [2.24, 2.45) is 5.41 Å². The third kappa shape index (κ3) is 5.30. The first-order valence-electron chi connectivity index (χ1n) is 12.4. The Bertz CT molecular complexity index is 1400. The van der Waals surface area contributed by atoms with Crippen LogP contribution in [0.25, 0.3) is 22.4 Å². The second kappa shape index (κ2) is 10.2. The van der Waals surface area contributed by atoms with Crippen molar-refractivity contribution in [2.45, 2.75) is 59.5 Å². The molecule has 37 heavy (non-hydrogen) atoms. The molecule has 0 aliphatic carbocycles. The fourth-order valence-corrected chi connectivity index (χ4v) is 4.88. The molecule has 0 saturated carbocycles. The van der Waals surface area contributed by atoms with E-state index in [0.717, 1.165) is 22.3 Å². The van der Waals surface area contributed by atoms with Gasteiger partial charge in [0.25, 0.3) is 0 Å². The second-order valence-corrected chi connectivity index (χ2v) is 10.3. The summed E-state index contributed by atoms with van der Waals surface area (Å²) in [5.74, 6) is -0.819. The first-order chi connectivity index (χ1) is 17.5. The maximum atomic E-state index is 12.6. The molecule has 0 fully saturated rings. The van der Waals surface area contributed by atoms with Crippen molar-refractivity contribution >= 4 is 11.9 Å². The van der Waals surface area contributed by atoms with Crippen LogP contribution in [-0.4, -0.2) is 45.1 Å². The van der Waals surface area contributed by atoms with E-state index < -0.39 is 11.4 Å². The quantitative estimate of drug-likeness (QED) is 0.444. The average Bonchev–Trinajstić information content (AvgIpc) is 3.30. The molecule has 1 N–H and O–H groups in total. The average molecular weight is 508 g/mol. The zero-order chi connectivity index (χ0) is 26.9. The summed E-state index contributed by atoms with van der Waals surface area (Å²) >= 11 is 0. The first-order valence-corrected chi connectivity index (χ1v) is 12.4. The molecule has 2 aromatic heterocycles. The van der Waals surface area contributed by atoms with Crippen molar-refractivity contribution in [3.63, 3.8) is 0 Å². The van der Waals surface area contributed by atoms with Gasteiger partial charge in [0, 0.05) is 54.2 Å². The lowest BCUT2D eigenvalue weighted by atomic mass is 9.78. The number of pyridine rings is 1. The van der Waals surface area contributed by atoms with Gasteiger partial charge in [0.2, 0.25) is 0 Å². The molecule has 4 rings (SSSR count). The van der Waals surface area contributed by atoms with Gasteiger partial charge in [-0.1, -0.05) is 20.8 Å². The first kappa shape index (κ1) is 26.2. The number of rotatable bonds is 8. The normalized spacial score (nSPS) is 14.6. The van der Waals surface area contributed by atoms with Crippen LogP contribution in [0.4, 0.5) is 0 Å². The molecule has 0 bridgehead atoms. The summed E-state index contributed by atoms with van der Waals surface area (Å²) < 4.78 is 14.4. The molecule has 0 amide bonds. The summed E-state index contributed by atoms with van der Waals surface area (Å²) in [6, 6.07) is 5.35. The Labute approximate surface area is 215 Å². The Balaban J connectivity index is 1.74. The van der Waals surface area contributed by atoms with Crippen LogP contribution in [0.15, 0.2) is 41.6 Å². The van der Waals surface area contributed by atoms with E-state index in [9.17, 15) is 19.5 Å². The van der Waals surface area contributed by atoms with E-state index >= 15 is 0 Å². The van der Waals surface area contributed by atoms with Crippen LogP contribution in [0.3, 0.4) is 0 Å². The molecule has 1 atom stereocenters. The minimum Gasteiger partial charge on any atom is -0.496 e. The summed E-state index contributed by atoms with van der Waals surface area (Å²) in [6.45, 7) is 9.07. The maximum Gasteiger partial charge on any atom is 0.341 e. The highest BCUT2D eigenvalue weighted by molar-refractivity contribution is 5.88. The highest BCUT2D eigenvalue weighted by Crippen LogP contribution is 2.45. The van der Waals surface area contributed by atoms with Gasteiger partial charge in [-0.3, -0.25) is 14.3 Å². The van der Waals surface area contributed by atoms with Crippen LogP contribution in [0.2, 0.25) is 0 Å². The van der Waals surface area contributed by atoms with Gasteiger partial charge in [0.1, 0.15) is 11.3 Å². The molecule has 0 spiro atoms. The number of aryl methyl sites for hydroxylation is 1. The number of hydrogen-bond acceptors (Lipinski definition) is 6. The summed E-state index contributed by atoms with van der Waals surface area (Å²) in [5.41, 5.74) is 3.38. The van der Waals surface area contributed by atoms with Crippen molar-refractivity contribution in [1.29, 1.82) is 0 Å². The molecular formula is C28H33N3O6. The highest BCUT2D eigenvalue weighted by atomic mass is 16.5. The number of fused-ring (bicyclic) bond motifs is 3. The van der Waals surface area contributed by atoms with Gasteiger partial charge in [-0.25, -0.2) is 4.79 Å². The van der Waals surface area contributed by atoms with E-state index in [-0.39, 0.29) is 23.0 Å². The topological polar surface area (TPSA) is 113 Å². The summed E-state index contributed by atoms with van der Waals surface area (Å²) in [6.07, 6.45) is 6.80. The summed E-state index contributed by atoms with van der Waals surface area (Å²) in [7, 11) is 1.59. The zero-order valence-corrected chi connectivity index (χ0v) is 21.9. The predicted octanol–water partition coefficient (Wildman–Crippen LogP) is 4.57. The van der Waals surface area contributed by atoms with Crippen molar-refractivity contribution in [3.05, 3.63) is 58.1 Å². The predicted molar refractivity (Wildman–Crippen MR) is 139 cm³/mol. The molecular weight excluding hydrogens is 474 g/mol. The number of nitrogens with zero attached hydrogens (tertiary/aromatic N) is 3. The van der Waals surface area contributed by atoms with Gasteiger partial charge in [-0.05, 0) is 42.9 Å². The molecule has 3 heterocycles. The van der Waals surface area contributed by atoms with E-state index in [1.807, 2.05) is 16.8 Å². The van der Waals surface area contributed by atoms with Crippen LogP contribution >= 0.6 is 0 Å². The lowest BCUT2D eigenvalue weighted by Gasteiger charge is -2.39. The molecule has 0 radical (unpaired) electrons. The van der Waals surface area contributed by atoms with E-state index in [1.165, 1.54) is 12.3 Å².